The van der Waals surface area contributed by atoms with Crippen LogP contribution in [0.1, 0.15) is 48.5 Å². The van der Waals surface area contributed by atoms with Gasteiger partial charge in [0.15, 0.2) is 11.5 Å². The van der Waals surface area contributed by atoms with Crippen molar-refractivity contribution >= 4 is 11.6 Å². The SMILES string of the molecule is OC1CC2COCCCCOc3cc(Cl)c(Cc4ccc5c(c4)OCCO5)cc3C(C1)O2. The van der Waals surface area contributed by atoms with Gasteiger partial charge < -0.3 is 28.8 Å². The summed E-state index contributed by atoms with van der Waals surface area (Å²) < 4.78 is 29.6. The van der Waals surface area contributed by atoms with Crippen LogP contribution in [0.4, 0.5) is 0 Å². The van der Waals surface area contributed by atoms with Crippen LogP contribution in [0.25, 0.3) is 0 Å². The molecule has 32 heavy (non-hydrogen) atoms. The molecule has 3 aliphatic heterocycles. The van der Waals surface area contributed by atoms with Gasteiger partial charge in [-0.1, -0.05) is 17.7 Å². The van der Waals surface area contributed by atoms with Gasteiger partial charge in [0.25, 0.3) is 0 Å². The first-order valence-corrected chi connectivity index (χ1v) is 11.8. The van der Waals surface area contributed by atoms with Crippen LogP contribution >= 0.6 is 11.6 Å². The van der Waals surface area contributed by atoms with Crippen molar-refractivity contribution in [2.45, 2.75) is 50.4 Å². The lowest BCUT2D eigenvalue weighted by Gasteiger charge is -2.34. The van der Waals surface area contributed by atoms with Gasteiger partial charge in [-0.05, 0) is 54.7 Å². The second-order valence-corrected chi connectivity index (χ2v) is 9.05. The molecule has 0 saturated carbocycles. The van der Waals surface area contributed by atoms with Gasteiger partial charge in [-0.25, -0.2) is 0 Å². The molecule has 0 aliphatic carbocycles. The van der Waals surface area contributed by atoms with Crippen LogP contribution in [-0.2, 0) is 15.9 Å². The summed E-state index contributed by atoms with van der Waals surface area (Å²) in [5, 5.41) is 11.1. The van der Waals surface area contributed by atoms with Crippen LogP contribution < -0.4 is 14.2 Å². The van der Waals surface area contributed by atoms with Crippen LogP contribution in [0.3, 0.4) is 0 Å². The summed E-state index contributed by atoms with van der Waals surface area (Å²) in [5.74, 6) is 2.27. The van der Waals surface area contributed by atoms with Crippen LogP contribution in [-0.4, -0.2) is 50.3 Å². The Kier molecular flexibility index (Phi) is 6.74. The first-order valence-electron chi connectivity index (χ1n) is 11.4. The van der Waals surface area contributed by atoms with E-state index in [0.29, 0.717) is 57.3 Å². The number of rotatable bonds is 2. The molecule has 7 heteroatoms. The molecule has 0 spiro atoms. The third kappa shape index (κ3) is 4.99. The predicted molar refractivity (Wildman–Crippen MR) is 120 cm³/mol. The lowest BCUT2D eigenvalue weighted by atomic mass is 9.93. The fourth-order valence-corrected chi connectivity index (χ4v) is 4.77. The van der Waals surface area contributed by atoms with Gasteiger partial charge in [0.1, 0.15) is 19.0 Å². The highest BCUT2D eigenvalue weighted by molar-refractivity contribution is 6.31. The fraction of sp³-hybridized carbons (Fsp3) is 0.520. The van der Waals surface area contributed by atoms with E-state index >= 15 is 0 Å². The van der Waals surface area contributed by atoms with Crippen molar-refractivity contribution in [2.75, 3.05) is 33.0 Å². The summed E-state index contributed by atoms with van der Waals surface area (Å²) in [6.45, 7) is 2.89. The Bertz CT molecular complexity index is 948. The molecule has 2 bridgehead atoms. The smallest absolute Gasteiger partial charge is 0.161 e. The maximum atomic E-state index is 10.5. The van der Waals surface area contributed by atoms with E-state index in [1.807, 2.05) is 24.3 Å². The fourth-order valence-electron chi connectivity index (χ4n) is 4.55. The molecular weight excluding hydrogens is 432 g/mol. The minimum Gasteiger partial charge on any atom is -0.493 e. The number of aliphatic hydroxyl groups is 1. The van der Waals surface area contributed by atoms with Crippen LogP contribution in [0, 0.1) is 0 Å². The van der Waals surface area contributed by atoms with E-state index in [2.05, 4.69) is 6.07 Å². The van der Waals surface area contributed by atoms with E-state index in [1.54, 1.807) is 0 Å². The average Bonchev–Trinajstić information content (AvgIpc) is 2.79. The van der Waals surface area contributed by atoms with Crippen molar-refractivity contribution in [3.63, 3.8) is 0 Å². The summed E-state index contributed by atoms with van der Waals surface area (Å²) in [6.07, 6.45) is 2.76. The Morgan fingerprint density at radius 2 is 1.69 bits per heavy atom. The molecular formula is C25H29ClO6. The maximum Gasteiger partial charge on any atom is 0.161 e. The number of benzene rings is 2. The van der Waals surface area contributed by atoms with E-state index in [1.165, 1.54) is 0 Å². The van der Waals surface area contributed by atoms with Crippen molar-refractivity contribution in [3.8, 4) is 17.2 Å². The topological polar surface area (TPSA) is 66.4 Å². The minimum atomic E-state index is -0.435. The van der Waals surface area contributed by atoms with E-state index in [-0.39, 0.29) is 12.2 Å². The average molecular weight is 461 g/mol. The number of halogens is 1. The zero-order valence-corrected chi connectivity index (χ0v) is 18.8. The monoisotopic (exact) mass is 460 g/mol. The Labute approximate surface area is 193 Å². The molecule has 3 aliphatic rings. The molecule has 3 atom stereocenters. The Hall–Kier alpha value is -1.99. The predicted octanol–water partition coefficient (Wildman–Crippen LogP) is 4.47. The molecule has 1 fully saturated rings. The summed E-state index contributed by atoms with van der Waals surface area (Å²) in [7, 11) is 0. The normalized spacial score (nSPS) is 25.6. The summed E-state index contributed by atoms with van der Waals surface area (Å²) >= 11 is 6.70. The second kappa shape index (κ2) is 9.87. The molecule has 1 N–H and O–H groups in total. The third-order valence-corrected chi connectivity index (χ3v) is 6.50. The molecule has 2 aromatic rings. The van der Waals surface area contributed by atoms with Crippen molar-refractivity contribution in [3.05, 3.63) is 52.0 Å². The van der Waals surface area contributed by atoms with Crippen molar-refractivity contribution < 1.29 is 28.8 Å². The highest BCUT2D eigenvalue weighted by Crippen LogP contribution is 2.40. The van der Waals surface area contributed by atoms with E-state index in [9.17, 15) is 5.11 Å². The molecule has 1 saturated heterocycles. The minimum absolute atomic E-state index is 0.132. The number of hydrogen-bond acceptors (Lipinski definition) is 6. The molecule has 3 unspecified atom stereocenters. The molecule has 0 amide bonds. The Morgan fingerprint density at radius 3 is 2.59 bits per heavy atom. The van der Waals surface area contributed by atoms with Gasteiger partial charge in [0, 0.05) is 30.0 Å². The lowest BCUT2D eigenvalue weighted by molar-refractivity contribution is -0.124. The highest BCUT2D eigenvalue weighted by Gasteiger charge is 2.32. The maximum absolute atomic E-state index is 10.5. The largest absolute Gasteiger partial charge is 0.493 e. The highest BCUT2D eigenvalue weighted by atomic mass is 35.5. The van der Waals surface area contributed by atoms with Crippen LogP contribution in [0.2, 0.25) is 5.02 Å². The van der Waals surface area contributed by atoms with Crippen molar-refractivity contribution in [1.29, 1.82) is 0 Å². The first kappa shape index (κ1) is 21.8. The van der Waals surface area contributed by atoms with Gasteiger partial charge in [-0.3, -0.25) is 0 Å². The molecule has 6 nitrogen and oxygen atoms in total. The number of aliphatic hydroxyl groups excluding tert-OH is 1. The van der Waals surface area contributed by atoms with Crippen molar-refractivity contribution in [1.82, 2.24) is 0 Å². The van der Waals surface area contributed by atoms with Gasteiger partial charge >= 0.3 is 0 Å². The number of fused-ring (bicyclic) bond motifs is 5. The Morgan fingerprint density at radius 1 is 0.875 bits per heavy atom. The van der Waals surface area contributed by atoms with Crippen molar-refractivity contribution in [2.24, 2.45) is 0 Å². The van der Waals surface area contributed by atoms with Gasteiger partial charge in [-0.15, -0.1) is 0 Å². The Balaban J connectivity index is 1.45. The van der Waals surface area contributed by atoms with Gasteiger partial charge in [0.05, 0.1) is 31.5 Å². The lowest BCUT2D eigenvalue weighted by Crippen LogP contribution is -2.34. The van der Waals surface area contributed by atoms with Crippen LogP contribution in [0.15, 0.2) is 30.3 Å². The van der Waals surface area contributed by atoms with E-state index < -0.39 is 6.10 Å². The molecule has 172 valence electrons. The molecule has 0 aromatic heterocycles. The second-order valence-electron chi connectivity index (χ2n) is 8.64. The molecule has 2 aromatic carbocycles. The summed E-state index contributed by atoms with van der Waals surface area (Å²) in [4.78, 5) is 0. The molecule has 5 rings (SSSR count). The van der Waals surface area contributed by atoms with Crippen LogP contribution in [0.5, 0.6) is 17.2 Å². The zero-order valence-electron chi connectivity index (χ0n) is 18.1. The number of hydrogen-bond donors (Lipinski definition) is 1. The summed E-state index contributed by atoms with van der Waals surface area (Å²) in [6, 6.07) is 9.95. The first-order chi connectivity index (χ1) is 15.7. The van der Waals surface area contributed by atoms with Gasteiger partial charge in [-0.2, -0.15) is 0 Å². The standard InChI is InChI=1S/C25H29ClO6/c26-21-14-23-20(11-17(21)9-16-3-4-22-25(10-16)31-8-7-30-22)24-13-18(27)12-19(32-24)15-28-5-1-2-6-29-23/h3-4,10-11,14,18-19,24,27H,1-2,5-9,12-13,15H2. The van der Waals surface area contributed by atoms with E-state index in [0.717, 1.165) is 46.8 Å². The quantitative estimate of drug-likeness (QED) is 0.713. The zero-order chi connectivity index (χ0) is 21.9. The molecule has 3 heterocycles. The molecule has 0 radical (unpaired) electrons. The third-order valence-electron chi connectivity index (χ3n) is 6.15. The number of ether oxygens (including phenoxy) is 5. The van der Waals surface area contributed by atoms with E-state index in [4.69, 9.17) is 35.3 Å². The van der Waals surface area contributed by atoms with Gasteiger partial charge in [0.2, 0.25) is 0 Å². The summed E-state index contributed by atoms with van der Waals surface area (Å²) in [5.41, 5.74) is 3.00.